The molecule has 0 heterocycles. The largest absolute Gasteiger partial charge is 0.493 e. The van der Waals surface area contributed by atoms with Crippen molar-refractivity contribution in [2.24, 2.45) is 0 Å². The summed E-state index contributed by atoms with van der Waals surface area (Å²) in [6.45, 7) is 2.44. The maximum absolute atomic E-state index is 11.9. The van der Waals surface area contributed by atoms with Gasteiger partial charge in [0.05, 0.1) is 19.5 Å². The van der Waals surface area contributed by atoms with Crippen molar-refractivity contribution in [3.8, 4) is 17.2 Å². The molecule has 0 saturated heterocycles. The topological polar surface area (TPSA) is 78.9 Å². The number of carbonyl (C=O) groups excluding carboxylic acids is 1. The molecule has 0 saturated carbocycles. The van der Waals surface area contributed by atoms with E-state index in [1.807, 2.05) is 0 Å². The molecule has 0 unspecified atom stereocenters. The molecule has 0 aliphatic rings. The lowest BCUT2D eigenvalue weighted by molar-refractivity contribution is -0.134. The molecule has 0 N–H and O–H groups in total. The van der Waals surface area contributed by atoms with Gasteiger partial charge in [-0.3, -0.25) is 4.79 Å². The summed E-state index contributed by atoms with van der Waals surface area (Å²) in [7, 11) is -1.50. The van der Waals surface area contributed by atoms with Crippen LogP contribution in [0.1, 0.15) is 51.9 Å². The fourth-order valence-corrected chi connectivity index (χ4v) is 3.02. The van der Waals surface area contributed by atoms with Crippen molar-refractivity contribution in [1.82, 2.24) is 0 Å². The van der Waals surface area contributed by atoms with Crippen LogP contribution in [0, 0.1) is 0 Å². The van der Waals surface area contributed by atoms with Crippen LogP contribution in [0.3, 0.4) is 0 Å². The Morgan fingerprint density at radius 2 is 1.77 bits per heavy atom. The van der Waals surface area contributed by atoms with Gasteiger partial charge in [0.15, 0.2) is 11.5 Å². The van der Waals surface area contributed by atoms with Crippen molar-refractivity contribution in [3.05, 3.63) is 18.2 Å². The highest BCUT2D eigenvalue weighted by molar-refractivity contribution is 7.90. The lowest BCUT2D eigenvalue weighted by Crippen LogP contribution is -2.09. The zero-order valence-electron chi connectivity index (χ0n) is 16.0. The van der Waals surface area contributed by atoms with Gasteiger partial charge in [0.25, 0.3) is 0 Å². The van der Waals surface area contributed by atoms with E-state index < -0.39 is 9.84 Å². The van der Waals surface area contributed by atoms with E-state index in [0.717, 1.165) is 19.3 Å². The molecule has 1 aromatic rings. The number of hydrogen-bond acceptors (Lipinski definition) is 6. The van der Waals surface area contributed by atoms with Gasteiger partial charge in [-0.25, -0.2) is 8.42 Å². The number of methoxy groups -OCH3 is 1. The van der Waals surface area contributed by atoms with Crippen LogP contribution in [0.15, 0.2) is 18.2 Å². The van der Waals surface area contributed by atoms with Crippen LogP contribution in [0.25, 0.3) is 0 Å². The molecular weight excluding hydrogens is 356 g/mol. The van der Waals surface area contributed by atoms with Crippen LogP contribution in [0.4, 0.5) is 0 Å². The molecule has 0 aliphatic carbocycles. The van der Waals surface area contributed by atoms with E-state index in [1.54, 1.807) is 18.2 Å². The first-order valence-electron chi connectivity index (χ1n) is 9.05. The summed E-state index contributed by atoms with van der Waals surface area (Å²) < 4.78 is 38.3. The molecular formula is C19H30O6S. The van der Waals surface area contributed by atoms with Gasteiger partial charge in [-0.15, -0.1) is 0 Å². The molecule has 26 heavy (non-hydrogen) atoms. The molecule has 0 fully saturated rings. The summed E-state index contributed by atoms with van der Waals surface area (Å²) in [5.74, 6) is 1.11. The molecule has 7 heteroatoms. The molecule has 1 rings (SSSR count). The van der Waals surface area contributed by atoms with Crippen molar-refractivity contribution >= 4 is 15.8 Å². The highest BCUT2D eigenvalue weighted by atomic mass is 32.2. The maximum atomic E-state index is 11.9. The first kappa shape index (κ1) is 22.3. The Bertz CT molecular complexity index is 654. The molecule has 0 spiro atoms. The molecule has 0 aliphatic heterocycles. The fourth-order valence-electron chi connectivity index (χ4n) is 2.38. The Hall–Kier alpha value is -1.76. The van der Waals surface area contributed by atoms with Gasteiger partial charge in [0, 0.05) is 18.7 Å². The number of unbranched alkanes of at least 4 members (excludes halogenated alkanes) is 4. The predicted octanol–water partition coefficient (Wildman–Crippen LogP) is 3.77. The molecule has 0 radical (unpaired) electrons. The minimum absolute atomic E-state index is 0.0814. The van der Waals surface area contributed by atoms with E-state index in [1.165, 1.54) is 26.2 Å². The molecule has 0 aromatic heterocycles. The monoisotopic (exact) mass is 386 g/mol. The molecule has 0 amide bonds. The van der Waals surface area contributed by atoms with Crippen molar-refractivity contribution in [1.29, 1.82) is 0 Å². The summed E-state index contributed by atoms with van der Waals surface area (Å²) in [4.78, 5) is 11.9. The number of carbonyl (C=O) groups is 1. The van der Waals surface area contributed by atoms with Gasteiger partial charge in [0.1, 0.15) is 15.6 Å². The lowest BCUT2D eigenvalue weighted by atomic mass is 10.1. The second kappa shape index (κ2) is 11.8. The third-order valence-electron chi connectivity index (χ3n) is 3.77. The normalized spacial score (nSPS) is 11.2. The Labute approximate surface area is 156 Å². The van der Waals surface area contributed by atoms with E-state index in [-0.39, 0.29) is 18.3 Å². The average molecular weight is 387 g/mol. The van der Waals surface area contributed by atoms with Crippen LogP contribution < -0.4 is 14.2 Å². The number of sulfone groups is 1. The fraction of sp³-hybridized carbons (Fsp3) is 0.632. The minimum atomic E-state index is -2.99. The van der Waals surface area contributed by atoms with E-state index in [9.17, 15) is 13.2 Å². The highest BCUT2D eigenvalue weighted by Gasteiger charge is 2.11. The lowest BCUT2D eigenvalue weighted by Gasteiger charge is -2.12. The Balaban J connectivity index is 2.48. The van der Waals surface area contributed by atoms with E-state index in [4.69, 9.17) is 14.2 Å². The SMILES string of the molecule is CCCCCCCC(=O)Oc1ccc(OCCCS(C)(=O)=O)cc1OC. The molecule has 0 atom stereocenters. The van der Waals surface area contributed by atoms with Crippen LogP contribution in [0.2, 0.25) is 0 Å². The van der Waals surface area contributed by atoms with Gasteiger partial charge in [-0.1, -0.05) is 32.6 Å². The molecule has 0 bridgehead atoms. The summed E-state index contributed by atoms with van der Waals surface area (Å²) in [6, 6.07) is 4.93. The van der Waals surface area contributed by atoms with Crippen molar-refractivity contribution < 1.29 is 27.4 Å². The van der Waals surface area contributed by atoms with Crippen molar-refractivity contribution in [2.45, 2.75) is 51.9 Å². The van der Waals surface area contributed by atoms with Crippen LogP contribution >= 0.6 is 0 Å². The van der Waals surface area contributed by atoms with Crippen LogP contribution in [-0.4, -0.2) is 40.1 Å². The van der Waals surface area contributed by atoms with E-state index in [2.05, 4.69) is 6.92 Å². The van der Waals surface area contributed by atoms with Gasteiger partial charge >= 0.3 is 5.97 Å². The van der Waals surface area contributed by atoms with Crippen molar-refractivity contribution in [3.63, 3.8) is 0 Å². The second-order valence-corrected chi connectivity index (χ2v) is 8.54. The standard InChI is InChI=1S/C19H30O6S/c1-4-5-6-7-8-10-19(20)25-17-12-11-16(15-18(17)23-2)24-13-9-14-26(3,21)22/h11-12,15H,4-10,13-14H2,1-3H3. The van der Waals surface area contributed by atoms with Gasteiger partial charge < -0.3 is 14.2 Å². The quantitative estimate of drug-likeness (QED) is 0.292. The number of hydrogen-bond donors (Lipinski definition) is 0. The van der Waals surface area contributed by atoms with Crippen molar-refractivity contribution in [2.75, 3.05) is 25.7 Å². The first-order chi connectivity index (χ1) is 12.4. The number of benzene rings is 1. The first-order valence-corrected chi connectivity index (χ1v) is 11.1. The van der Waals surface area contributed by atoms with E-state index >= 15 is 0 Å². The van der Waals surface area contributed by atoms with Crippen LogP contribution in [-0.2, 0) is 14.6 Å². The third-order valence-corrected chi connectivity index (χ3v) is 4.80. The zero-order valence-corrected chi connectivity index (χ0v) is 16.8. The number of rotatable bonds is 13. The smallest absolute Gasteiger partial charge is 0.311 e. The Kier molecular flexibility index (Phi) is 10.1. The minimum Gasteiger partial charge on any atom is -0.493 e. The second-order valence-electron chi connectivity index (χ2n) is 6.28. The summed E-state index contributed by atoms with van der Waals surface area (Å²) in [6.07, 6.45) is 7.34. The summed E-state index contributed by atoms with van der Waals surface area (Å²) in [5, 5.41) is 0. The highest BCUT2D eigenvalue weighted by Crippen LogP contribution is 2.31. The molecule has 6 nitrogen and oxygen atoms in total. The van der Waals surface area contributed by atoms with Gasteiger partial charge in [0.2, 0.25) is 0 Å². The molecule has 1 aromatic carbocycles. The summed E-state index contributed by atoms with van der Waals surface area (Å²) in [5.41, 5.74) is 0. The summed E-state index contributed by atoms with van der Waals surface area (Å²) >= 11 is 0. The Morgan fingerprint density at radius 1 is 1.04 bits per heavy atom. The van der Waals surface area contributed by atoms with E-state index in [0.29, 0.717) is 30.1 Å². The van der Waals surface area contributed by atoms with Gasteiger partial charge in [-0.05, 0) is 25.0 Å². The Morgan fingerprint density at radius 3 is 2.42 bits per heavy atom. The predicted molar refractivity (Wildman–Crippen MR) is 102 cm³/mol. The number of ether oxygens (including phenoxy) is 3. The third kappa shape index (κ3) is 9.65. The maximum Gasteiger partial charge on any atom is 0.311 e. The average Bonchev–Trinajstić information content (AvgIpc) is 2.58. The van der Waals surface area contributed by atoms with Gasteiger partial charge in [-0.2, -0.15) is 0 Å². The zero-order chi connectivity index (χ0) is 19.4. The molecule has 148 valence electrons. The van der Waals surface area contributed by atoms with Crippen LogP contribution in [0.5, 0.6) is 17.2 Å². The number of esters is 1.